The van der Waals surface area contributed by atoms with Gasteiger partial charge in [0.25, 0.3) is 5.69 Å². The minimum atomic E-state index is -1.43. The average molecular weight is 303 g/mol. The summed E-state index contributed by atoms with van der Waals surface area (Å²) in [7, 11) is 0. The number of rotatable bonds is 3. The molecule has 1 fully saturated rings. The van der Waals surface area contributed by atoms with E-state index in [0.717, 1.165) is 11.8 Å². The molecule has 9 heteroatoms. The Morgan fingerprint density at radius 2 is 2.25 bits per heavy atom. The lowest BCUT2D eigenvalue weighted by atomic mass is 10.2. The van der Waals surface area contributed by atoms with E-state index in [9.17, 15) is 23.7 Å². The van der Waals surface area contributed by atoms with Crippen LogP contribution in [0.5, 0.6) is 0 Å². The monoisotopic (exact) mass is 303 g/mol. The van der Waals surface area contributed by atoms with Crippen LogP contribution in [0, 0.1) is 21.7 Å². The van der Waals surface area contributed by atoms with Gasteiger partial charge in [-0.15, -0.1) is 0 Å². The number of anilines is 1. The SMILES string of the molecule is O=C(Nc1c([N+](=O)[O-])ccc(F)c1F)C1CSCCN1. The summed E-state index contributed by atoms with van der Waals surface area (Å²) in [4.78, 5) is 21.8. The third kappa shape index (κ3) is 3.05. The highest BCUT2D eigenvalue weighted by Crippen LogP contribution is 2.29. The van der Waals surface area contributed by atoms with E-state index in [-0.39, 0.29) is 0 Å². The van der Waals surface area contributed by atoms with Crippen molar-refractivity contribution in [2.75, 3.05) is 23.4 Å². The van der Waals surface area contributed by atoms with Gasteiger partial charge in [-0.2, -0.15) is 11.8 Å². The molecule has 0 saturated carbocycles. The van der Waals surface area contributed by atoms with Gasteiger partial charge in [-0.3, -0.25) is 14.9 Å². The molecule has 2 N–H and O–H groups in total. The highest BCUT2D eigenvalue weighted by atomic mass is 32.2. The molecule has 0 bridgehead atoms. The highest BCUT2D eigenvalue weighted by molar-refractivity contribution is 7.99. The second kappa shape index (κ2) is 6.14. The van der Waals surface area contributed by atoms with Gasteiger partial charge in [0, 0.05) is 24.1 Å². The van der Waals surface area contributed by atoms with Gasteiger partial charge in [0.15, 0.2) is 17.3 Å². The second-order valence-electron chi connectivity index (χ2n) is 4.08. The van der Waals surface area contributed by atoms with Crippen LogP contribution in [0.2, 0.25) is 0 Å². The molecule has 20 heavy (non-hydrogen) atoms. The lowest BCUT2D eigenvalue weighted by Crippen LogP contribution is -2.46. The van der Waals surface area contributed by atoms with Crippen molar-refractivity contribution in [2.24, 2.45) is 0 Å². The van der Waals surface area contributed by atoms with Gasteiger partial charge in [0.05, 0.1) is 11.0 Å². The molecule has 1 unspecified atom stereocenters. The Balaban J connectivity index is 2.25. The van der Waals surface area contributed by atoms with Gasteiger partial charge in [0.1, 0.15) is 0 Å². The number of carbonyl (C=O) groups is 1. The van der Waals surface area contributed by atoms with Crippen LogP contribution in [-0.2, 0) is 4.79 Å². The fourth-order valence-electron chi connectivity index (χ4n) is 1.76. The summed E-state index contributed by atoms with van der Waals surface area (Å²) in [5, 5.41) is 15.8. The minimum absolute atomic E-state index is 0.469. The molecular formula is C11H11F2N3O3S. The van der Waals surface area contributed by atoms with Gasteiger partial charge in [-0.05, 0) is 6.07 Å². The van der Waals surface area contributed by atoms with Gasteiger partial charge >= 0.3 is 0 Å². The van der Waals surface area contributed by atoms with Crippen molar-refractivity contribution in [3.63, 3.8) is 0 Å². The van der Waals surface area contributed by atoms with Crippen LogP contribution in [-0.4, -0.2) is 34.9 Å². The first-order chi connectivity index (χ1) is 9.50. The number of carbonyl (C=O) groups excluding carboxylic acids is 1. The first-order valence-electron chi connectivity index (χ1n) is 5.75. The summed E-state index contributed by atoms with van der Waals surface area (Å²) in [6, 6.07) is 0.880. The Kier molecular flexibility index (Phi) is 4.50. The molecule has 108 valence electrons. The molecule has 0 aromatic heterocycles. The third-order valence-electron chi connectivity index (χ3n) is 2.76. The molecular weight excluding hydrogens is 292 g/mol. The van der Waals surface area contributed by atoms with E-state index >= 15 is 0 Å². The van der Waals surface area contributed by atoms with Gasteiger partial charge in [-0.25, -0.2) is 8.78 Å². The Bertz CT molecular complexity index is 550. The second-order valence-corrected chi connectivity index (χ2v) is 5.23. The number of benzene rings is 1. The standard InChI is InChI=1S/C11H11F2N3O3S/c12-6-1-2-8(16(18)19)10(9(6)13)15-11(17)7-5-20-4-3-14-7/h1-2,7,14H,3-5H2,(H,15,17). The first-order valence-corrected chi connectivity index (χ1v) is 6.90. The van der Waals surface area contributed by atoms with E-state index in [1.807, 2.05) is 0 Å². The Morgan fingerprint density at radius 3 is 2.85 bits per heavy atom. The van der Waals surface area contributed by atoms with Crippen molar-refractivity contribution in [2.45, 2.75) is 6.04 Å². The Labute approximate surface area is 117 Å². The maximum atomic E-state index is 13.6. The van der Waals surface area contributed by atoms with Crippen LogP contribution in [0.4, 0.5) is 20.2 Å². The van der Waals surface area contributed by atoms with Gasteiger partial charge in [-0.1, -0.05) is 0 Å². The van der Waals surface area contributed by atoms with E-state index in [1.54, 1.807) is 0 Å². The zero-order valence-electron chi connectivity index (χ0n) is 10.2. The maximum absolute atomic E-state index is 13.6. The molecule has 1 aliphatic rings. The fraction of sp³-hybridized carbons (Fsp3) is 0.364. The minimum Gasteiger partial charge on any atom is -0.316 e. The molecule has 2 rings (SSSR count). The normalized spacial score (nSPS) is 18.6. The molecule has 0 aliphatic carbocycles. The van der Waals surface area contributed by atoms with E-state index in [1.165, 1.54) is 11.8 Å². The number of nitrogens with one attached hydrogen (secondary N) is 2. The van der Waals surface area contributed by atoms with Crippen LogP contribution >= 0.6 is 11.8 Å². The largest absolute Gasteiger partial charge is 0.316 e. The van der Waals surface area contributed by atoms with Crippen LogP contribution in [0.25, 0.3) is 0 Å². The summed E-state index contributed by atoms with van der Waals surface area (Å²) in [5.74, 6) is -1.99. The topological polar surface area (TPSA) is 84.3 Å². The maximum Gasteiger partial charge on any atom is 0.296 e. The van der Waals surface area contributed by atoms with Crippen LogP contribution in [0.15, 0.2) is 12.1 Å². The van der Waals surface area contributed by atoms with E-state index in [2.05, 4.69) is 10.6 Å². The molecule has 0 radical (unpaired) electrons. The van der Waals surface area contributed by atoms with Crippen molar-refractivity contribution >= 4 is 29.0 Å². The van der Waals surface area contributed by atoms with Crippen molar-refractivity contribution < 1.29 is 18.5 Å². The number of nitro groups is 1. The third-order valence-corrected chi connectivity index (χ3v) is 3.82. The van der Waals surface area contributed by atoms with Gasteiger partial charge in [0.2, 0.25) is 5.91 Å². The summed E-state index contributed by atoms with van der Waals surface area (Å²) < 4.78 is 26.8. The molecule has 1 aromatic rings. The molecule has 1 heterocycles. The van der Waals surface area contributed by atoms with Crippen LogP contribution in [0.1, 0.15) is 0 Å². The summed E-state index contributed by atoms with van der Waals surface area (Å²) in [6.45, 7) is 0.608. The van der Waals surface area contributed by atoms with Crippen LogP contribution in [0.3, 0.4) is 0 Å². The van der Waals surface area contributed by atoms with Crippen LogP contribution < -0.4 is 10.6 Å². The Morgan fingerprint density at radius 1 is 1.50 bits per heavy atom. The molecule has 1 aliphatic heterocycles. The molecule has 1 atom stereocenters. The van der Waals surface area contributed by atoms with Crippen molar-refractivity contribution in [1.29, 1.82) is 0 Å². The number of nitrogens with zero attached hydrogens (tertiary/aromatic N) is 1. The molecule has 1 aromatic carbocycles. The Hall–Kier alpha value is -1.74. The summed E-state index contributed by atoms with van der Waals surface area (Å²) in [6.07, 6.45) is 0. The van der Waals surface area contributed by atoms with Crippen molar-refractivity contribution in [1.82, 2.24) is 5.32 Å². The smallest absolute Gasteiger partial charge is 0.296 e. The highest BCUT2D eigenvalue weighted by Gasteiger charge is 2.27. The number of amides is 1. The lowest BCUT2D eigenvalue weighted by Gasteiger charge is -2.22. The molecule has 6 nitrogen and oxygen atoms in total. The predicted molar refractivity (Wildman–Crippen MR) is 70.8 cm³/mol. The average Bonchev–Trinajstić information content (AvgIpc) is 2.44. The molecule has 1 saturated heterocycles. The van der Waals surface area contributed by atoms with E-state index in [0.29, 0.717) is 18.4 Å². The number of nitro benzene ring substituents is 1. The molecule has 0 spiro atoms. The number of halogens is 2. The predicted octanol–water partition coefficient (Wildman–Crippen LogP) is 1.52. The summed E-state index contributed by atoms with van der Waals surface area (Å²) >= 11 is 1.53. The zero-order chi connectivity index (χ0) is 14.7. The van der Waals surface area contributed by atoms with Crippen molar-refractivity contribution in [3.05, 3.63) is 33.9 Å². The number of hydrogen-bond acceptors (Lipinski definition) is 5. The fourth-order valence-corrected chi connectivity index (χ4v) is 2.69. The summed E-state index contributed by atoms with van der Waals surface area (Å²) in [5.41, 5.74) is -1.42. The number of hydrogen-bond donors (Lipinski definition) is 2. The lowest BCUT2D eigenvalue weighted by molar-refractivity contribution is -0.384. The quantitative estimate of drug-likeness (QED) is 0.653. The van der Waals surface area contributed by atoms with Gasteiger partial charge < -0.3 is 10.6 Å². The van der Waals surface area contributed by atoms with E-state index in [4.69, 9.17) is 0 Å². The number of thioether (sulfide) groups is 1. The molecule has 1 amide bonds. The zero-order valence-corrected chi connectivity index (χ0v) is 11.0. The van der Waals surface area contributed by atoms with Crippen molar-refractivity contribution in [3.8, 4) is 0 Å². The first kappa shape index (κ1) is 14.7. The van der Waals surface area contributed by atoms with E-state index < -0.39 is 39.9 Å².